The van der Waals surface area contributed by atoms with Crippen LogP contribution in [0.25, 0.3) is 0 Å². The number of allylic oxidation sites excluding steroid dienone is 7. The summed E-state index contributed by atoms with van der Waals surface area (Å²) in [5.74, 6) is -0.0729. The Kier molecular flexibility index (Phi) is 60.5. The topological polar surface area (TPSA) is 95.9 Å². The zero-order valence-corrected chi connectivity index (χ0v) is 48.9. The largest absolute Gasteiger partial charge is 0.466 e. The fraction of sp³-hybridized carbons (Fsp3) is 0.851. The number of carbonyl (C=O) groups is 2. The number of nitrogens with one attached hydrogen (secondary N) is 1. The van der Waals surface area contributed by atoms with Crippen molar-refractivity contribution in [3.63, 3.8) is 0 Å². The molecule has 3 N–H and O–H groups in total. The maximum absolute atomic E-state index is 12.5. The zero-order chi connectivity index (χ0) is 52.9. The van der Waals surface area contributed by atoms with Crippen molar-refractivity contribution in [3.05, 3.63) is 48.6 Å². The Bertz CT molecular complexity index is 1230. The first-order chi connectivity index (χ1) is 36.0. The summed E-state index contributed by atoms with van der Waals surface area (Å²) in [6.07, 6.45) is 80.1. The van der Waals surface area contributed by atoms with E-state index in [1.165, 1.54) is 263 Å². The van der Waals surface area contributed by atoms with Crippen LogP contribution in [-0.2, 0) is 14.3 Å². The predicted octanol–water partition coefficient (Wildman–Crippen LogP) is 20.5. The molecule has 0 spiro atoms. The molecule has 0 aromatic heterocycles. The van der Waals surface area contributed by atoms with E-state index in [4.69, 9.17) is 4.74 Å². The normalized spacial score (nSPS) is 12.9. The number of hydrogen-bond donors (Lipinski definition) is 3. The minimum absolute atomic E-state index is 0.000163. The Balaban J connectivity index is 3.46. The number of unbranched alkanes of at least 4 members (excludes halogenated alkanes) is 43. The molecule has 73 heavy (non-hydrogen) atoms. The van der Waals surface area contributed by atoms with Gasteiger partial charge in [0.1, 0.15) is 0 Å². The minimum atomic E-state index is -0.849. The zero-order valence-electron chi connectivity index (χ0n) is 48.9. The van der Waals surface area contributed by atoms with Crippen LogP contribution in [0.3, 0.4) is 0 Å². The molecule has 0 heterocycles. The number of aliphatic hydroxyl groups excluding tert-OH is 2. The number of aliphatic hydroxyl groups is 2. The number of amides is 1. The van der Waals surface area contributed by atoms with E-state index in [9.17, 15) is 19.8 Å². The summed E-state index contributed by atoms with van der Waals surface area (Å²) in [6, 6.07) is -0.633. The molecule has 0 aliphatic heterocycles. The number of ether oxygens (including phenoxy) is 1. The molecule has 6 nitrogen and oxygen atoms in total. The third-order valence-corrected chi connectivity index (χ3v) is 14.8. The van der Waals surface area contributed by atoms with E-state index in [-0.39, 0.29) is 18.5 Å². The van der Waals surface area contributed by atoms with Gasteiger partial charge in [-0.05, 0) is 89.9 Å². The molecule has 2 atom stereocenters. The van der Waals surface area contributed by atoms with Crippen LogP contribution in [0.4, 0.5) is 0 Å². The standard InChI is InChI=1S/C67H125NO5/c1-3-5-7-9-11-13-15-17-19-29-32-35-39-43-47-51-55-59-65(70)64(63-69)68-66(71)60-56-52-48-44-40-36-33-30-27-25-23-21-20-22-24-26-28-31-34-38-42-46-50-54-58-62-73-67(72)61-57-53-49-45-41-37-18-16-14-12-10-8-6-4-2/h16,18,21-24,55,59,64-65,69-70H,3-15,17,19-20,25-54,56-58,60-63H2,1-2H3,(H,68,71)/b18-16-,23-21-,24-22-,59-55+. The van der Waals surface area contributed by atoms with Crippen molar-refractivity contribution in [3.8, 4) is 0 Å². The summed E-state index contributed by atoms with van der Waals surface area (Å²) in [7, 11) is 0. The van der Waals surface area contributed by atoms with Crippen LogP contribution < -0.4 is 5.32 Å². The maximum atomic E-state index is 12.5. The van der Waals surface area contributed by atoms with E-state index < -0.39 is 12.1 Å². The monoisotopic (exact) mass is 1020 g/mol. The molecule has 0 radical (unpaired) electrons. The first-order valence-electron chi connectivity index (χ1n) is 32.4. The van der Waals surface area contributed by atoms with Crippen molar-refractivity contribution in [2.75, 3.05) is 13.2 Å². The van der Waals surface area contributed by atoms with E-state index in [1.807, 2.05) is 6.08 Å². The van der Waals surface area contributed by atoms with Gasteiger partial charge in [-0.2, -0.15) is 0 Å². The highest BCUT2D eigenvalue weighted by Gasteiger charge is 2.18. The molecule has 0 rings (SSSR count). The van der Waals surface area contributed by atoms with Gasteiger partial charge in [0.15, 0.2) is 0 Å². The van der Waals surface area contributed by atoms with Gasteiger partial charge in [0, 0.05) is 12.8 Å². The van der Waals surface area contributed by atoms with Crippen molar-refractivity contribution in [2.45, 2.75) is 353 Å². The van der Waals surface area contributed by atoms with Crippen LogP contribution in [0.15, 0.2) is 48.6 Å². The fourth-order valence-electron chi connectivity index (χ4n) is 9.84. The molecule has 0 saturated heterocycles. The van der Waals surface area contributed by atoms with Crippen molar-refractivity contribution in [1.82, 2.24) is 5.32 Å². The SMILES string of the molecule is CCCCCCC/C=C\CCCCCCCC(=O)OCCCCCCCCCCC/C=C\C/C=C\CCCCCCCCCCCC(=O)NC(CO)C(O)/C=C/CCCCCCCCCCCCCCCCC. The third kappa shape index (κ3) is 58.9. The molecule has 0 saturated carbocycles. The number of esters is 1. The first-order valence-corrected chi connectivity index (χ1v) is 32.4. The van der Waals surface area contributed by atoms with E-state index >= 15 is 0 Å². The average Bonchev–Trinajstić information content (AvgIpc) is 3.39. The Morgan fingerprint density at radius 3 is 1.05 bits per heavy atom. The van der Waals surface area contributed by atoms with Crippen LogP contribution in [0, 0.1) is 0 Å². The third-order valence-electron chi connectivity index (χ3n) is 14.8. The Hall–Kier alpha value is -2.18. The van der Waals surface area contributed by atoms with E-state index in [2.05, 4.69) is 55.6 Å². The lowest BCUT2D eigenvalue weighted by molar-refractivity contribution is -0.143. The Labute approximate surface area is 455 Å². The summed E-state index contributed by atoms with van der Waals surface area (Å²) in [4.78, 5) is 24.5. The van der Waals surface area contributed by atoms with Gasteiger partial charge in [-0.1, -0.05) is 287 Å². The molecule has 0 fully saturated rings. The maximum Gasteiger partial charge on any atom is 0.305 e. The van der Waals surface area contributed by atoms with Crippen molar-refractivity contribution >= 4 is 11.9 Å². The lowest BCUT2D eigenvalue weighted by Crippen LogP contribution is -2.45. The minimum Gasteiger partial charge on any atom is -0.466 e. The summed E-state index contributed by atoms with van der Waals surface area (Å²) in [5.41, 5.74) is 0. The Morgan fingerprint density at radius 2 is 0.685 bits per heavy atom. The van der Waals surface area contributed by atoms with E-state index in [0.717, 1.165) is 51.4 Å². The molecule has 0 aliphatic rings. The summed E-state index contributed by atoms with van der Waals surface area (Å²) in [6.45, 7) is 4.90. The van der Waals surface area contributed by atoms with Crippen molar-refractivity contribution in [2.24, 2.45) is 0 Å². The summed E-state index contributed by atoms with van der Waals surface area (Å²) in [5, 5.41) is 23.2. The number of hydrogen-bond acceptors (Lipinski definition) is 5. The lowest BCUT2D eigenvalue weighted by Gasteiger charge is -2.20. The lowest BCUT2D eigenvalue weighted by atomic mass is 10.0. The second-order valence-corrected chi connectivity index (χ2v) is 22.1. The van der Waals surface area contributed by atoms with Gasteiger partial charge in [-0.15, -0.1) is 0 Å². The molecular formula is C67H125NO5. The molecule has 0 aromatic carbocycles. The molecular weight excluding hydrogens is 899 g/mol. The van der Waals surface area contributed by atoms with Crippen LogP contribution in [0.1, 0.15) is 341 Å². The van der Waals surface area contributed by atoms with E-state index in [1.54, 1.807) is 6.08 Å². The van der Waals surface area contributed by atoms with Crippen LogP contribution >= 0.6 is 0 Å². The van der Waals surface area contributed by atoms with Gasteiger partial charge in [0.2, 0.25) is 5.91 Å². The smallest absolute Gasteiger partial charge is 0.305 e. The average molecular weight is 1020 g/mol. The van der Waals surface area contributed by atoms with Gasteiger partial charge < -0.3 is 20.3 Å². The molecule has 428 valence electrons. The second-order valence-electron chi connectivity index (χ2n) is 22.1. The second kappa shape index (κ2) is 62.4. The molecule has 0 aromatic rings. The van der Waals surface area contributed by atoms with Crippen molar-refractivity contribution in [1.29, 1.82) is 0 Å². The van der Waals surface area contributed by atoms with Crippen LogP contribution in [-0.4, -0.2) is 47.4 Å². The number of rotatable bonds is 60. The highest BCUT2D eigenvalue weighted by molar-refractivity contribution is 5.76. The fourth-order valence-corrected chi connectivity index (χ4v) is 9.84. The highest BCUT2D eigenvalue weighted by Crippen LogP contribution is 2.17. The summed E-state index contributed by atoms with van der Waals surface area (Å²) >= 11 is 0. The van der Waals surface area contributed by atoms with Gasteiger partial charge in [0.25, 0.3) is 0 Å². The number of carbonyl (C=O) groups excluding carboxylic acids is 2. The first kappa shape index (κ1) is 70.8. The molecule has 0 bridgehead atoms. The molecule has 0 aliphatic carbocycles. The van der Waals surface area contributed by atoms with Gasteiger partial charge in [-0.25, -0.2) is 0 Å². The summed E-state index contributed by atoms with van der Waals surface area (Å²) < 4.78 is 5.47. The molecule has 1 amide bonds. The van der Waals surface area contributed by atoms with E-state index in [0.29, 0.717) is 19.4 Å². The molecule has 2 unspecified atom stereocenters. The van der Waals surface area contributed by atoms with Crippen molar-refractivity contribution < 1.29 is 24.5 Å². The highest BCUT2D eigenvalue weighted by atomic mass is 16.5. The van der Waals surface area contributed by atoms with Gasteiger partial charge >= 0.3 is 5.97 Å². The van der Waals surface area contributed by atoms with Gasteiger partial charge in [0.05, 0.1) is 25.4 Å². The quantitative estimate of drug-likeness (QED) is 0.0320. The molecule has 6 heteroatoms. The van der Waals surface area contributed by atoms with Crippen LogP contribution in [0.2, 0.25) is 0 Å². The van der Waals surface area contributed by atoms with Crippen LogP contribution in [0.5, 0.6) is 0 Å². The predicted molar refractivity (Wildman–Crippen MR) is 319 cm³/mol. The van der Waals surface area contributed by atoms with Gasteiger partial charge in [-0.3, -0.25) is 9.59 Å². The Morgan fingerprint density at radius 1 is 0.384 bits per heavy atom.